The van der Waals surface area contributed by atoms with E-state index in [1.54, 1.807) is 0 Å². The molecule has 0 N–H and O–H groups in total. The van der Waals surface area contributed by atoms with Crippen molar-refractivity contribution in [1.82, 2.24) is 0 Å². The summed E-state index contributed by atoms with van der Waals surface area (Å²) in [5, 5.41) is 0. The first-order chi connectivity index (χ1) is 39.0. The van der Waals surface area contributed by atoms with E-state index in [1.807, 2.05) is 0 Å². The zero-order valence-corrected chi connectivity index (χ0v) is 52.1. The molecule has 0 rings (SSSR count). The minimum absolute atomic E-state index is 0.0768. The summed E-state index contributed by atoms with van der Waals surface area (Å²) in [6.07, 6.45) is 89.9. The third kappa shape index (κ3) is 65.0. The standard InChI is InChI=1S/C73H126O6/c1-4-7-10-13-16-19-22-25-27-29-31-32-33-34-35-36-37-38-39-40-42-43-45-48-51-54-57-60-63-66-72(75)78-69-70(68-77-71(74)65-62-59-56-53-50-47-24-21-18-15-12-9-6-3)79-73(76)67-64-61-58-55-52-49-46-44-41-30-28-26-23-20-17-14-11-8-5-2/h7,10,16-17,19-20,25-28,31-32,34-35,37-38,70H,4-6,8-9,11-15,18,21-24,29-30,33,36,39-69H2,1-3H3/b10-7-,19-16-,20-17-,27-25-,28-26-,32-31-,35-34-,38-37-. The third-order valence-electron chi connectivity index (χ3n) is 14.6. The van der Waals surface area contributed by atoms with E-state index in [9.17, 15) is 14.4 Å². The smallest absolute Gasteiger partial charge is 0.306 e. The van der Waals surface area contributed by atoms with Gasteiger partial charge >= 0.3 is 17.9 Å². The van der Waals surface area contributed by atoms with Gasteiger partial charge in [-0.05, 0) is 103 Å². The molecule has 0 fully saturated rings. The van der Waals surface area contributed by atoms with Gasteiger partial charge in [0.05, 0.1) is 0 Å². The van der Waals surface area contributed by atoms with Crippen LogP contribution in [0.3, 0.4) is 0 Å². The fourth-order valence-electron chi connectivity index (χ4n) is 9.54. The predicted molar refractivity (Wildman–Crippen MR) is 344 cm³/mol. The monoisotopic (exact) mass is 1100 g/mol. The van der Waals surface area contributed by atoms with Gasteiger partial charge in [-0.15, -0.1) is 0 Å². The molecule has 0 saturated carbocycles. The molecule has 6 heteroatoms. The van der Waals surface area contributed by atoms with Crippen molar-refractivity contribution >= 4 is 17.9 Å². The Bertz CT molecular complexity index is 1540. The number of ether oxygens (including phenoxy) is 3. The first kappa shape index (κ1) is 75.3. The lowest BCUT2D eigenvalue weighted by Gasteiger charge is -2.18. The van der Waals surface area contributed by atoms with Crippen molar-refractivity contribution in [2.45, 2.75) is 335 Å². The van der Waals surface area contributed by atoms with Crippen LogP contribution in [-0.2, 0) is 28.6 Å². The topological polar surface area (TPSA) is 78.9 Å². The summed E-state index contributed by atoms with van der Waals surface area (Å²) in [4.78, 5) is 38.4. The molecule has 454 valence electrons. The number of hydrogen-bond acceptors (Lipinski definition) is 6. The number of rotatable bonds is 61. The van der Waals surface area contributed by atoms with Crippen molar-refractivity contribution in [2.75, 3.05) is 13.2 Å². The normalized spacial score (nSPS) is 12.7. The van der Waals surface area contributed by atoms with Crippen LogP contribution in [0, 0.1) is 0 Å². The Balaban J connectivity index is 4.29. The van der Waals surface area contributed by atoms with E-state index in [0.29, 0.717) is 19.3 Å². The number of carbonyl (C=O) groups excluding carboxylic acids is 3. The molecule has 0 aromatic heterocycles. The van der Waals surface area contributed by atoms with Gasteiger partial charge in [0.15, 0.2) is 6.10 Å². The molecule has 1 unspecified atom stereocenters. The van der Waals surface area contributed by atoms with Gasteiger partial charge in [0.2, 0.25) is 0 Å². The van der Waals surface area contributed by atoms with Gasteiger partial charge < -0.3 is 14.2 Å². The van der Waals surface area contributed by atoms with Crippen LogP contribution in [0.5, 0.6) is 0 Å². The van der Waals surface area contributed by atoms with E-state index >= 15 is 0 Å². The average Bonchev–Trinajstić information content (AvgIpc) is 3.45. The van der Waals surface area contributed by atoms with E-state index < -0.39 is 6.10 Å². The second kappa shape index (κ2) is 66.8. The zero-order chi connectivity index (χ0) is 57.1. The zero-order valence-electron chi connectivity index (χ0n) is 52.1. The number of allylic oxidation sites excluding steroid dienone is 16. The molecule has 0 radical (unpaired) electrons. The first-order valence-corrected chi connectivity index (χ1v) is 33.7. The fraction of sp³-hybridized carbons (Fsp3) is 0.740. The van der Waals surface area contributed by atoms with Crippen molar-refractivity contribution in [3.05, 3.63) is 97.2 Å². The van der Waals surface area contributed by atoms with E-state index in [-0.39, 0.29) is 31.1 Å². The number of hydrogen-bond donors (Lipinski definition) is 0. The van der Waals surface area contributed by atoms with Gasteiger partial charge in [-0.2, -0.15) is 0 Å². The summed E-state index contributed by atoms with van der Waals surface area (Å²) in [5.74, 6) is -0.871. The van der Waals surface area contributed by atoms with Crippen molar-refractivity contribution in [3.63, 3.8) is 0 Å². The summed E-state index contributed by atoms with van der Waals surface area (Å²) < 4.78 is 17.0. The van der Waals surface area contributed by atoms with E-state index in [2.05, 4.69) is 118 Å². The molecule has 0 saturated heterocycles. The molecule has 1 atom stereocenters. The lowest BCUT2D eigenvalue weighted by Crippen LogP contribution is -2.30. The summed E-state index contributed by atoms with van der Waals surface area (Å²) in [7, 11) is 0. The minimum Gasteiger partial charge on any atom is -0.462 e. The van der Waals surface area contributed by atoms with Crippen LogP contribution in [0.2, 0.25) is 0 Å². The number of carbonyl (C=O) groups is 3. The molecule has 0 aliphatic heterocycles. The maximum Gasteiger partial charge on any atom is 0.306 e. The van der Waals surface area contributed by atoms with Crippen LogP contribution in [0.25, 0.3) is 0 Å². The molecular formula is C73H126O6. The molecule has 79 heavy (non-hydrogen) atoms. The number of unbranched alkanes of at least 4 members (excludes halogenated alkanes) is 34. The lowest BCUT2D eigenvalue weighted by molar-refractivity contribution is -0.167. The van der Waals surface area contributed by atoms with Crippen LogP contribution in [0.4, 0.5) is 0 Å². The third-order valence-corrected chi connectivity index (χ3v) is 14.6. The second-order valence-corrected chi connectivity index (χ2v) is 22.4. The van der Waals surface area contributed by atoms with Crippen molar-refractivity contribution < 1.29 is 28.6 Å². The van der Waals surface area contributed by atoms with Crippen LogP contribution in [0.15, 0.2) is 97.2 Å². The largest absolute Gasteiger partial charge is 0.462 e. The first-order valence-electron chi connectivity index (χ1n) is 33.7. The molecule has 0 spiro atoms. The van der Waals surface area contributed by atoms with Crippen molar-refractivity contribution in [2.24, 2.45) is 0 Å². The van der Waals surface area contributed by atoms with Gasteiger partial charge in [0, 0.05) is 19.3 Å². The van der Waals surface area contributed by atoms with Crippen LogP contribution < -0.4 is 0 Å². The fourth-order valence-corrected chi connectivity index (χ4v) is 9.54. The van der Waals surface area contributed by atoms with E-state index in [4.69, 9.17) is 14.2 Å². The molecule has 0 aromatic carbocycles. The molecule has 0 amide bonds. The van der Waals surface area contributed by atoms with Crippen LogP contribution >= 0.6 is 0 Å². The van der Waals surface area contributed by atoms with Crippen LogP contribution in [-0.4, -0.2) is 37.2 Å². The van der Waals surface area contributed by atoms with Gasteiger partial charge in [-0.1, -0.05) is 304 Å². The summed E-state index contributed by atoms with van der Waals surface area (Å²) in [6, 6.07) is 0. The molecular weight excluding hydrogens is 973 g/mol. The highest BCUT2D eigenvalue weighted by atomic mass is 16.6. The van der Waals surface area contributed by atoms with Crippen molar-refractivity contribution in [3.8, 4) is 0 Å². The predicted octanol–water partition coefficient (Wildman–Crippen LogP) is 23.2. The van der Waals surface area contributed by atoms with Gasteiger partial charge in [-0.3, -0.25) is 14.4 Å². The quantitative estimate of drug-likeness (QED) is 0.0261. The van der Waals surface area contributed by atoms with E-state index in [0.717, 1.165) is 103 Å². The number of esters is 3. The Morgan fingerprint density at radius 1 is 0.266 bits per heavy atom. The maximum atomic E-state index is 12.9. The Morgan fingerprint density at radius 3 is 0.797 bits per heavy atom. The summed E-state index contributed by atoms with van der Waals surface area (Å²) >= 11 is 0. The van der Waals surface area contributed by atoms with E-state index in [1.165, 1.54) is 186 Å². The highest BCUT2D eigenvalue weighted by molar-refractivity contribution is 5.71. The molecule has 0 aromatic rings. The highest BCUT2D eigenvalue weighted by Gasteiger charge is 2.19. The molecule has 0 aliphatic carbocycles. The van der Waals surface area contributed by atoms with Gasteiger partial charge in [-0.25, -0.2) is 0 Å². The lowest BCUT2D eigenvalue weighted by atomic mass is 10.0. The Labute approximate surface area is 489 Å². The van der Waals surface area contributed by atoms with Gasteiger partial charge in [0.1, 0.15) is 13.2 Å². The second-order valence-electron chi connectivity index (χ2n) is 22.4. The van der Waals surface area contributed by atoms with Gasteiger partial charge in [0.25, 0.3) is 0 Å². The molecule has 0 bridgehead atoms. The molecule has 6 nitrogen and oxygen atoms in total. The minimum atomic E-state index is -0.781. The Morgan fingerprint density at radius 2 is 0.494 bits per heavy atom. The summed E-state index contributed by atoms with van der Waals surface area (Å²) in [6.45, 7) is 6.53. The average molecular weight is 1100 g/mol. The molecule has 0 heterocycles. The van der Waals surface area contributed by atoms with Crippen molar-refractivity contribution in [1.29, 1.82) is 0 Å². The SMILES string of the molecule is CC/C=C\C/C=C\C/C=C\C/C=C\C/C=C\C/C=C\CCCCCCCCCCCCC(=O)OCC(COC(=O)CCCCCCCCCCCCCCC)OC(=O)CCCCCCCCCCC/C=C\C/C=C\CCCCC. The Hall–Kier alpha value is -3.67. The van der Waals surface area contributed by atoms with Crippen LogP contribution in [0.1, 0.15) is 329 Å². The highest BCUT2D eigenvalue weighted by Crippen LogP contribution is 2.17. The maximum absolute atomic E-state index is 12.9. The molecule has 0 aliphatic rings. The summed E-state index contributed by atoms with van der Waals surface area (Å²) in [5.41, 5.74) is 0. The Kier molecular flexibility index (Phi) is 63.7.